The minimum atomic E-state index is -0.800. The number of carbonyl (C=O) groups is 1. The van der Waals surface area contributed by atoms with E-state index < -0.39 is 5.97 Å². The van der Waals surface area contributed by atoms with Crippen molar-refractivity contribution in [2.24, 2.45) is 0 Å². The fourth-order valence-corrected chi connectivity index (χ4v) is 3.45. The molecule has 0 spiro atoms. The summed E-state index contributed by atoms with van der Waals surface area (Å²) in [5, 5.41) is 9.14. The molecular weight excluding hydrogens is 374 g/mol. The smallest absolute Gasteiger partial charge is 0.303 e. The number of nitrogens with zero attached hydrogens (tertiary/aromatic N) is 1. The minimum absolute atomic E-state index is 0.0898. The third-order valence-corrected chi connectivity index (χ3v) is 4.98. The summed E-state index contributed by atoms with van der Waals surface area (Å²) >= 11 is 0. The zero-order chi connectivity index (χ0) is 20.9. The zero-order valence-corrected chi connectivity index (χ0v) is 16.8. The number of carboxylic acid groups (broad SMARTS) is 1. The molecule has 0 atom stereocenters. The molecule has 4 heteroatoms. The molecule has 0 radical (unpaired) electrons. The Morgan fingerprint density at radius 3 is 2.17 bits per heavy atom. The predicted octanol–water partition coefficient (Wildman–Crippen LogP) is 6.26. The monoisotopic (exact) mass is 397 g/mol. The molecule has 4 rings (SSSR count). The molecule has 0 fully saturated rings. The van der Waals surface area contributed by atoms with Crippen LogP contribution in [0, 0.1) is 6.92 Å². The van der Waals surface area contributed by atoms with E-state index in [4.69, 9.17) is 9.84 Å². The first-order valence-corrected chi connectivity index (χ1v) is 9.93. The summed E-state index contributed by atoms with van der Waals surface area (Å²) in [4.78, 5) is 11.1. The van der Waals surface area contributed by atoms with Gasteiger partial charge in [-0.25, -0.2) is 0 Å². The molecule has 4 nitrogen and oxygen atoms in total. The number of aliphatic carboxylic acids is 1. The van der Waals surface area contributed by atoms with Crippen LogP contribution in [-0.2, 0) is 11.2 Å². The molecular formula is C26H23NO3. The highest BCUT2D eigenvalue weighted by atomic mass is 16.5. The Kier molecular flexibility index (Phi) is 5.66. The lowest BCUT2D eigenvalue weighted by atomic mass is 10.1. The molecule has 0 aliphatic carbocycles. The second-order valence-electron chi connectivity index (χ2n) is 7.21. The van der Waals surface area contributed by atoms with Crippen molar-refractivity contribution in [1.82, 2.24) is 4.57 Å². The Morgan fingerprint density at radius 2 is 1.50 bits per heavy atom. The van der Waals surface area contributed by atoms with Crippen LogP contribution in [0.3, 0.4) is 0 Å². The van der Waals surface area contributed by atoms with E-state index in [1.165, 1.54) is 5.56 Å². The summed E-state index contributed by atoms with van der Waals surface area (Å²) in [5.41, 5.74) is 5.25. The summed E-state index contributed by atoms with van der Waals surface area (Å²) in [6.07, 6.45) is 0.552. The standard InChI is InChI=1S/C26H23NO3/c1-19-7-9-20(10-8-19)25-17-13-22(14-18-26(28)29)27(25)21-11-15-24(16-12-21)30-23-5-3-2-4-6-23/h2-13,15-17H,14,18H2,1H3,(H,28,29). The third kappa shape index (κ3) is 4.44. The van der Waals surface area contributed by atoms with Crippen LogP contribution in [0.5, 0.6) is 11.5 Å². The van der Waals surface area contributed by atoms with Gasteiger partial charge in [-0.2, -0.15) is 0 Å². The van der Waals surface area contributed by atoms with Gasteiger partial charge in [0.2, 0.25) is 0 Å². The number of para-hydroxylation sites is 1. The first kappa shape index (κ1) is 19.5. The van der Waals surface area contributed by atoms with E-state index >= 15 is 0 Å². The predicted molar refractivity (Wildman–Crippen MR) is 118 cm³/mol. The average Bonchev–Trinajstić information content (AvgIpc) is 3.18. The summed E-state index contributed by atoms with van der Waals surface area (Å²) in [6, 6.07) is 29.9. The van der Waals surface area contributed by atoms with Gasteiger partial charge in [0.1, 0.15) is 11.5 Å². The molecule has 0 bridgehead atoms. The van der Waals surface area contributed by atoms with E-state index in [0.29, 0.717) is 6.42 Å². The van der Waals surface area contributed by atoms with Gasteiger partial charge in [-0.15, -0.1) is 0 Å². The number of hydrogen-bond acceptors (Lipinski definition) is 2. The SMILES string of the molecule is Cc1ccc(-c2ccc(CCC(=O)O)n2-c2ccc(Oc3ccccc3)cc2)cc1. The molecule has 1 aromatic heterocycles. The number of aromatic nitrogens is 1. The molecule has 0 saturated heterocycles. The molecule has 3 aromatic carbocycles. The maximum absolute atomic E-state index is 11.1. The van der Waals surface area contributed by atoms with Crippen LogP contribution < -0.4 is 4.74 Å². The van der Waals surface area contributed by atoms with E-state index in [9.17, 15) is 4.79 Å². The quantitative estimate of drug-likeness (QED) is 0.400. The van der Waals surface area contributed by atoms with Crippen molar-refractivity contribution >= 4 is 5.97 Å². The van der Waals surface area contributed by atoms with E-state index in [1.807, 2.05) is 60.7 Å². The molecule has 30 heavy (non-hydrogen) atoms. The minimum Gasteiger partial charge on any atom is -0.481 e. The van der Waals surface area contributed by atoms with Crippen molar-refractivity contribution in [1.29, 1.82) is 0 Å². The number of aryl methyl sites for hydroxylation is 2. The van der Waals surface area contributed by atoms with Crippen molar-refractivity contribution in [2.45, 2.75) is 19.8 Å². The van der Waals surface area contributed by atoms with Crippen LogP contribution in [0.1, 0.15) is 17.7 Å². The van der Waals surface area contributed by atoms with E-state index in [-0.39, 0.29) is 6.42 Å². The van der Waals surface area contributed by atoms with Crippen molar-refractivity contribution in [3.63, 3.8) is 0 Å². The summed E-state index contributed by atoms with van der Waals surface area (Å²) in [6.45, 7) is 2.06. The maximum atomic E-state index is 11.1. The van der Waals surface area contributed by atoms with Crippen molar-refractivity contribution in [3.05, 3.63) is 102 Å². The first-order valence-electron chi connectivity index (χ1n) is 9.93. The largest absolute Gasteiger partial charge is 0.481 e. The van der Waals surface area contributed by atoms with Crippen LogP contribution in [0.25, 0.3) is 16.9 Å². The van der Waals surface area contributed by atoms with E-state index in [2.05, 4.69) is 41.8 Å². The number of hydrogen-bond donors (Lipinski definition) is 1. The highest BCUT2D eigenvalue weighted by molar-refractivity contribution is 5.68. The lowest BCUT2D eigenvalue weighted by Gasteiger charge is -2.15. The Hall–Kier alpha value is -3.79. The number of carboxylic acids is 1. The van der Waals surface area contributed by atoms with Crippen molar-refractivity contribution < 1.29 is 14.6 Å². The first-order chi connectivity index (χ1) is 14.6. The van der Waals surface area contributed by atoms with Gasteiger partial charge < -0.3 is 14.4 Å². The Morgan fingerprint density at radius 1 is 0.833 bits per heavy atom. The fourth-order valence-electron chi connectivity index (χ4n) is 3.45. The highest BCUT2D eigenvalue weighted by Gasteiger charge is 2.13. The van der Waals surface area contributed by atoms with Crippen molar-refractivity contribution in [2.75, 3.05) is 0 Å². The lowest BCUT2D eigenvalue weighted by molar-refractivity contribution is -0.136. The lowest BCUT2D eigenvalue weighted by Crippen LogP contribution is -2.05. The Labute approximate surface area is 176 Å². The Bertz CT molecular complexity index is 1130. The van der Waals surface area contributed by atoms with Crippen LogP contribution in [0.2, 0.25) is 0 Å². The van der Waals surface area contributed by atoms with Gasteiger partial charge >= 0.3 is 5.97 Å². The molecule has 0 unspecified atom stereocenters. The van der Waals surface area contributed by atoms with Gasteiger partial charge in [-0.05, 0) is 67.4 Å². The van der Waals surface area contributed by atoms with Gasteiger partial charge in [0.15, 0.2) is 0 Å². The molecule has 0 aliphatic heterocycles. The van der Waals surface area contributed by atoms with Crippen LogP contribution in [-0.4, -0.2) is 15.6 Å². The summed E-state index contributed by atoms with van der Waals surface area (Å²) < 4.78 is 8.03. The highest BCUT2D eigenvalue weighted by Crippen LogP contribution is 2.29. The second-order valence-corrected chi connectivity index (χ2v) is 7.21. The van der Waals surface area contributed by atoms with Gasteiger partial charge in [0.25, 0.3) is 0 Å². The number of rotatable bonds is 7. The normalized spacial score (nSPS) is 10.7. The van der Waals surface area contributed by atoms with Gasteiger partial charge in [0.05, 0.1) is 12.1 Å². The third-order valence-electron chi connectivity index (χ3n) is 4.98. The molecule has 1 heterocycles. The Balaban J connectivity index is 1.69. The maximum Gasteiger partial charge on any atom is 0.303 e. The molecule has 4 aromatic rings. The molecule has 0 amide bonds. The van der Waals surface area contributed by atoms with Crippen LogP contribution >= 0.6 is 0 Å². The van der Waals surface area contributed by atoms with Gasteiger partial charge in [-0.3, -0.25) is 4.79 Å². The van der Waals surface area contributed by atoms with E-state index in [1.54, 1.807) is 0 Å². The zero-order valence-electron chi connectivity index (χ0n) is 16.8. The molecule has 1 N–H and O–H groups in total. The molecule has 150 valence electrons. The number of benzene rings is 3. The topological polar surface area (TPSA) is 51.5 Å². The molecule has 0 saturated carbocycles. The van der Waals surface area contributed by atoms with E-state index in [0.717, 1.165) is 34.1 Å². The number of ether oxygens (including phenoxy) is 1. The van der Waals surface area contributed by atoms with Crippen LogP contribution in [0.15, 0.2) is 91.0 Å². The second kappa shape index (κ2) is 8.70. The average molecular weight is 397 g/mol. The summed E-state index contributed by atoms with van der Waals surface area (Å²) in [5.74, 6) is 0.737. The van der Waals surface area contributed by atoms with Gasteiger partial charge in [0, 0.05) is 11.4 Å². The van der Waals surface area contributed by atoms with Gasteiger partial charge in [-0.1, -0.05) is 48.0 Å². The van der Waals surface area contributed by atoms with Crippen molar-refractivity contribution in [3.8, 4) is 28.4 Å². The summed E-state index contributed by atoms with van der Waals surface area (Å²) in [7, 11) is 0. The fraction of sp³-hybridized carbons (Fsp3) is 0.115. The van der Waals surface area contributed by atoms with Crippen LogP contribution in [0.4, 0.5) is 0 Å². The molecule has 0 aliphatic rings.